The van der Waals surface area contributed by atoms with Gasteiger partial charge in [-0.3, -0.25) is 4.79 Å². The van der Waals surface area contributed by atoms with Gasteiger partial charge in [0, 0.05) is 17.4 Å². The molecule has 0 unspecified atom stereocenters. The third-order valence-corrected chi connectivity index (χ3v) is 7.76. The van der Waals surface area contributed by atoms with Crippen LogP contribution in [0.3, 0.4) is 0 Å². The van der Waals surface area contributed by atoms with E-state index in [2.05, 4.69) is 21.8 Å². The number of carbonyl (C=O) groups is 1. The fourth-order valence-electron chi connectivity index (χ4n) is 4.76. The van der Waals surface area contributed by atoms with Crippen molar-refractivity contribution < 1.29 is 9.90 Å². The third kappa shape index (κ3) is 14.2. The van der Waals surface area contributed by atoms with Gasteiger partial charge in [-0.25, -0.2) is 0 Å². The molecule has 2 atom stereocenters. The summed E-state index contributed by atoms with van der Waals surface area (Å²) < 4.78 is 3.90. The minimum Gasteiger partial charge on any atom is -0.387 e. The number of rotatable bonds is 22. The second-order valence-corrected chi connectivity index (χ2v) is 11.2. The molecule has 1 heterocycles. The van der Waals surface area contributed by atoms with Crippen LogP contribution in [0.15, 0.2) is 35.7 Å². The lowest BCUT2D eigenvalue weighted by Crippen LogP contribution is -2.42. The zero-order valence-corrected chi connectivity index (χ0v) is 24.7. The highest BCUT2D eigenvalue weighted by Gasteiger charge is 2.17. The SMILES string of the molecule is CCCCCCCCCCCCCCCCCC(=O)N[C@@H](CC)[C@H](O)/C=C/c1ccc(-c2csnn2)cc1. The normalized spacial score (nSPS) is 13.1. The van der Waals surface area contributed by atoms with E-state index in [1.165, 1.54) is 95.0 Å². The Balaban J connectivity index is 1.50. The Morgan fingerprint density at radius 3 is 1.92 bits per heavy atom. The van der Waals surface area contributed by atoms with Crippen molar-refractivity contribution in [3.8, 4) is 11.3 Å². The molecule has 1 aromatic carbocycles. The zero-order chi connectivity index (χ0) is 27.3. The van der Waals surface area contributed by atoms with Gasteiger partial charge in [-0.15, -0.1) is 5.10 Å². The van der Waals surface area contributed by atoms with E-state index in [0.29, 0.717) is 12.8 Å². The van der Waals surface area contributed by atoms with Gasteiger partial charge < -0.3 is 10.4 Å². The van der Waals surface area contributed by atoms with Crippen LogP contribution in [0.5, 0.6) is 0 Å². The predicted octanol–water partition coefficient (Wildman–Crippen LogP) is 8.74. The molecule has 0 radical (unpaired) electrons. The number of carbonyl (C=O) groups excluding carboxylic acids is 1. The monoisotopic (exact) mass is 541 g/mol. The van der Waals surface area contributed by atoms with Gasteiger partial charge in [0.05, 0.1) is 12.1 Å². The molecule has 2 rings (SSSR count). The van der Waals surface area contributed by atoms with Crippen molar-refractivity contribution in [1.29, 1.82) is 0 Å². The first-order valence-corrected chi connectivity index (χ1v) is 16.0. The summed E-state index contributed by atoms with van der Waals surface area (Å²) >= 11 is 1.33. The topological polar surface area (TPSA) is 75.1 Å². The largest absolute Gasteiger partial charge is 0.387 e. The van der Waals surface area contributed by atoms with Gasteiger partial charge in [0.1, 0.15) is 5.69 Å². The van der Waals surface area contributed by atoms with Crippen LogP contribution in [-0.2, 0) is 4.79 Å². The maximum Gasteiger partial charge on any atom is 0.220 e. The number of hydrogen-bond donors (Lipinski definition) is 2. The smallest absolute Gasteiger partial charge is 0.220 e. The summed E-state index contributed by atoms with van der Waals surface area (Å²) in [5, 5.41) is 19.6. The minimum absolute atomic E-state index is 0.0419. The fourth-order valence-corrected chi connectivity index (χ4v) is 5.23. The predicted molar refractivity (Wildman–Crippen MR) is 162 cm³/mol. The van der Waals surface area contributed by atoms with Gasteiger partial charge in [-0.2, -0.15) is 0 Å². The minimum atomic E-state index is -0.715. The molecule has 0 bridgehead atoms. The maximum atomic E-state index is 12.4. The molecule has 0 fully saturated rings. The number of aromatic nitrogens is 2. The highest BCUT2D eigenvalue weighted by Crippen LogP contribution is 2.19. The molecule has 38 heavy (non-hydrogen) atoms. The number of benzene rings is 1. The van der Waals surface area contributed by atoms with Gasteiger partial charge in [0.15, 0.2) is 0 Å². The molecule has 5 nitrogen and oxygen atoms in total. The zero-order valence-electron chi connectivity index (χ0n) is 23.9. The summed E-state index contributed by atoms with van der Waals surface area (Å²) in [7, 11) is 0. The number of unbranched alkanes of at least 4 members (excludes halogenated alkanes) is 14. The van der Waals surface area contributed by atoms with Crippen molar-refractivity contribution >= 4 is 23.5 Å². The summed E-state index contributed by atoms with van der Waals surface area (Å²) in [6, 6.07) is 7.72. The molecule has 1 aromatic heterocycles. The molecule has 0 aliphatic rings. The Bertz CT molecular complexity index is 867. The van der Waals surface area contributed by atoms with Crippen LogP contribution in [0.2, 0.25) is 0 Å². The quantitative estimate of drug-likeness (QED) is 0.146. The summed E-state index contributed by atoms with van der Waals surface area (Å²) in [4.78, 5) is 12.4. The lowest BCUT2D eigenvalue weighted by Gasteiger charge is -2.20. The highest BCUT2D eigenvalue weighted by molar-refractivity contribution is 7.03. The molecule has 0 spiro atoms. The summed E-state index contributed by atoms with van der Waals surface area (Å²) in [6.07, 6.45) is 24.0. The van der Waals surface area contributed by atoms with Crippen molar-refractivity contribution in [2.75, 3.05) is 0 Å². The van der Waals surface area contributed by atoms with Crippen LogP contribution in [0.4, 0.5) is 0 Å². The Labute approximate surface area is 235 Å². The molecule has 6 heteroatoms. The van der Waals surface area contributed by atoms with Crippen LogP contribution < -0.4 is 5.32 Å². The van der Waals surface area contributed by atoms with E-state index >= 15 is 0 Å². The molecular formula is C32H51N3O2S. The van der Waals surface area contributed by atoms with Crippen LogP contribution >= 0.6 is 11.5 Å². The maximum absolute atomic E-state index is 12.4. The van der Waals surface area contributed by atoms with E-state index in [4.69, 9.17) is 0 Å². The van der Waals surface area contributed by atoms with Crippen molar-refractivity contribution in [2.24, 2.45) is 0 Å². The van der Waals surface area contributed by atoms with Crippen LogP contribution in [-0.4, -0.2) is 32.7 Å². The van der Waals surface area contributed by atoms with Crippen molar-refractivity contribution in [3.63, 3.8) is 0 Å². The first-order valence-electron chi connectivity index (χ1n) is 15.2. The first-order chi connectivity index (χ1) is 18.6. The average molecular weight is 542 g/mol. The Morgan fingerprint density at radius 2 is 1.42 bits per heavy atom. The molecule has 2 aromatic rings. The lowest BCUT2D eigenvalue weighted by atomic mass is 10.0. The molecule has 0 saturated carbocycles. The van der Waals surface area contributed by atoms with Gasteiger partial charge in [-0.1, -0.05) is 145 Å². The molecule has 212 valence electrons. The average Bonchev–Trinajstić information content (AvgIpc) is 3.48. The molecule has 0 aliphatic heterocycles. The number of aliphatic hydroxyl groups is 1. The highest BCUT2D eigenvalue weighted by atomic mass is 32.1. The summed E-state index contributed by atoms with van der Waals surface area (Å²) in [6.45, 7) is 4.27. The molecule has 0 saturated heterocycles. The van der Waals surface area contributed by atoms with E-state index in [1.807, 2.05) is 42.6 Å². The number of nitrogens with one attached hydrogen (secondary N) is 1. The van der Waals surface area contributed by atoms with Gasteiger partial charge >= 0.3 is 0 Å². The number of hydrogen-bond acceptors (Lipinski definition) is 5. The van der Waals surface area contributed by atoms with Crippen LogP contribution in [0.1, 0.15) is 129 Å². The van der Waals surface area contributed by atoms with Crippen molar-refractivity contribution in [3.05, 3.63) is 41.3 Å². The molecule has 1 amide bonds. The summed E-state index contributed by atoms with van der Waals surface area (Å²) in [5.74, 6) is 0.0419. The van der Waals surface area contributed by atoms with E-state index in [9.17, 15) is 9.90 Å². The molecular weight excluding hydrogens is 490 g/mol. The summed E-state index contributed by atoms with van der Waals surface area (Å²) in [5.41, 5.74) is 2.89. The molecule has 2 N–H and O–H groups in total. The fraction of sp³-hybridized carbons (Fsp3) is 0.656. The van der Waals surface area contributed by atoms with Crippen molar-refractivity contribution in [1.82, 2.24) is 14.9 Å². The number of amides is 1. The lowest BCUT2D eigenvalue weighted by molar-refractivity contribution is -0.122. The Kier molecular flexibility index (Phi) is 17.7. The third-order valence-electron chi connectivity index (χ3n) is 7.26. The van der Waals surface area contributed by atoms with E-state index in [1.54, 1.807) is 6.08 Å². The Morgan fingerprint density at radius 1 is 0.868 bits per heavy atom. The van der Waals surface area contributed by atoms with Crippen LogP contribution in [0.25, 0.3) is 17.3 Å². The standard InChI is InChI=1S/C32H51N3O2S/c1-3-5-6-7-8-9-10-11-12-13-14-15-16-17-18-19-32(37)33-29(4-2)31(36)25-22-27-20-23-28(24-21-27)30-26-38-35-34-30/h20-26,29,31,36H,3-19H2,1-2H3,(H,33,37)/b25-22+/t29-,31+/m0/s1. The van der Waals surface area contributed by atoms with Gasteiger partial charge in [0.2, 0.25) is 5.91 Å². The first kappa shape index (κ1) is 32.2. The van der Waals surface area contributed by atoms with E-state index in [-0.39, 0.29) is 11.9 Å². The second-order valence-electron chi connectivity index (χ2n) is 10.5. The second kappa shape index (κ2) is 20.9. The Hall–Kier alpha value is -2.05. The van der Waals surface area contributed by atoms with Gasteiger partial charge in [0.25, 0.3) is 0 Å². The van der Waals surface area contributed by atoms with E-state index in [0.717, 1.165) is 29.7 Å². The van der Waals surface area contributed by atoms with Crippen LogP contribution in [0, 0.1) is 0 Å². The number of aliphatic hydroxyl groups excluding tert-OH is 1. The molecule has 0 aliphatic carbocycles. The van der Waals surface area contributed by atoms with E-state index < -0.39 is 6.10 Å². The van der Waals surface area contributed by atoms with Gasteiger partial charge in [-0.05, 0) is 29.9 Å². The van der Waals surface area contributed by atoms with Crippen molar-refractivity contribution in [2.45, 2.75) is 135 Å². The number of nitrogens with zero attached hydrogens (tertiary/aromatic N) is 2.